The van der Waals surface area contributed by atoms with E-state index in [1.165, 1.54) is 12.8 Å². The molecule has 0 amide bonds. The summed E-state index contributed by atoms with van der Waals surface area (Å²) in [5.41, 5.74) is 1.75. The summed E-state index contributed by atoms with van der Waals surface area (Å²) in [4.78, 5) is 11.3. The van der Waals surface area contributed by atoms with E-state index in [0.717, 1.165) is 24.2 Å². The van der Waals surface area contributed by atoms with Gasteiger partial charge < -0.3 is 5.32 Å². The maximum atomic E-state index is 11.3. The molecule has 0 aliphatic carbocycles. The van der Waals surface area contributed by atoms with Crippen molar-refractivity contribution in [1.29, 1.82) is 0 Å². The lowest BCUT2D eigenvalue weighted by molar-refractivity contribution is 0.101. The number of unbranched alkanes of at least 4 members (excludes halogenated alkanes) is 2. The van der Waals surface area contributed by atoms with Crippen LogP contribution in [-0.2, 0) is 0 Å². The van der Waals surface area contributed by atoms with Crippen molar-refractivity contribution in [2.75, 3.05) is 11.9 Å². The van der Waals surface area contributed by atoms with Gasteiger partial charge >= 0.3 is 0 Å². The molecule has 0 radical (unpaired) electrons. The zero-order valence-electron chi connectivity index (χ0n) is 9.55. The maximum Gasteiger partial charge on any atom is 0.161 e. The van der Waals surface area contributed by atoms with Gasteiger partial charge in [0.25, 0.3) is 0 Å². The Bertz CT molecular complexity index is 320. The van der Waals surface area contributed by atoms with Gasteiger partial charge in [-0.25, -0.2) is 0 Å². The smallest absolute Gasteiger partial charge is 0.161 e. The minimum absolute atomic E-state index is 0.119. The van der Waals surface area contributed by atoms with Gasteiger partial charge in [-0.3, -0.25) is 4.79 Å². The fourth-order valence-corrected chi connectivity index (χ4v) is 1.54. The van der Waals surface area contributed by atoms with Crippen molar-refractivity contribution in [2.45, 2.75) is 33.1 Å². The van der Waals surface area contributed by atoms with Crippen molar-refractivity contribution < 1.29 is 4.79 Å². The van der Waals surface area contributed by atoms with Gasteiger partial charge in [-0.05, 0) is 25.5 Å². The number of nitrogens with one attached hydrogen (secondary N) is 1. The number of para-hydroxylation sites is 1. The molecule has 0 saturated carbocycles. The fourth-order valence-electron chi connectivity index (χ4n) is 1.54. The molecule has 0 bridgehead atoms. The van der Waals surface area contributed by atoms with Gasteiger partial charge in [-0.2, -0.15) is 0 Å². The number of carbonyl (C=O) groups is 1. The van der Waals surface area contributed by atoms with Crippen molar-refractivity contribution >= 4 is 11.5 Å². The topological polar surface area (TPSA) is 29.1 Å². The van der Waals surface area contributed by atoms with E-state index < -0.39 is 0 Å². The van der Waals surface area contributed by atoms with Crippen molar-refractivity contribution in [1.82, 2.24) is 0 Å². The maximum absolute atomic E-state index is 11.3. The average Bonchev–Trinajstić information content (AvgIpc) is 2.25. The van der Waals surface area contributed by atoms with Crippen LogP contribution in [0.1, 0.15) is 43.5 Å². The summed E-state index contributed by atoms with van der Waals surface area (Å²) in [6.07, 6.45) is 3.61. The van der Waals surface area contributed by atoms with E-state index in [9.17, 15) is 4.79 Å². The molecule has 0 atom stereocenters. The number of rotatable bonds is 6. The highest BCUT2D eigenvalue weighted by Gasteiger charge is 2.04. The summed E-state index contributed by atoms with van der Waals surface area (Å²) in [7, 11) is 0. The van der Waals surface area contributed by atoms with Gasteiger partial charge in [0.05, 0.1) is 0 Å². The number of carbonyl (C=O) groups excluding carboxylic acids is 1. The number of hydrogen-bond donors (Lipinski definition) is 1. The summed E-state index contributed by atoms with van der Waals surface area (Å²) in [6.45, 7) is 4.73. The molecular weight excluding hydrogens is 186 g/mol. The SMILES string of the molecule is CCCCCNc1ccccc1C(C)=O. The lowest BCUT2D eigenvalue weighted by Gasteiger charge is -2.09. The van der Waals surface area contributed by atoms with Crippen LogP contribution in [-0.4, -0.2) is 12.3 Å². The molecule has 0 aliphatic rings. The molecule has 2 heteroatoms. The third kappa shape index (κ3) is 3.74. The van der Waals surface area contributed by atoms with Crippen LogP contribution in [0.5, 0.6) is 0 Å². The highest BCUT2D eigenvalue weighted by atomic mass is 16.1. The lowest BCUT2D eigenvalue weighted by atomic mass is 10.1. The number of anilines is 1. The zero-order valence-corrected chi connectivity index (χ0v) is 9.55. The third-order valence-corrected chi connectivity index (χ3v) is 2.40. The Hall–Kier alpha value is -1.31. The Kier molecular flexibility index (Phi) is 4.88. The van der Waals surface area contributed by atoms with Crippen molar-refractivity contribution in [3.05, 3.63) is 29.8 Å². The Morgan fingerprint density at radius 2 is 2.00 bits per heavy atom. The second kappa shape index (κ2) is 6.23. The van der Waals surface area contributed by atoms with Crippen LogP contribution in [0, 0.1) is 0 Å². The molecular formula is C13H19NO. The highest BCUT2D eigenvalue weighted by Crippen LogP contribution is 2.15. The van der Waals surface area contributed by atoms with E-state index >= 15 is 0 Å². The zero-order chi connectivity index (χ0) is 11.1. The summed E-state index contributed by atoms with van der Waals surface area (Å²) < 4.78 is 0. The van der Waals surface area contributed by atoms with Gasteiger partial charge in [-0.15, -0.1) is 0 Å². The molecule has 1 aromatic rings. The predicted octanol–water partition coefficient (Wildman–Crippen LogP) is 3.49. The molecule has 0 saturated heterocycles. The first-order valence-corrected chi connectivity index (χ1v) is 5.59. The first kappa shape index (κ1) is 11.8. The van der Waals surface area contributed by atoms with E-state index in [0.29, 0.717) is 0 Å². The van der Waals surface area contributed by atoms with Crippen LogP contribution in [0.2, 0.25) is 0 Å². The second-order valence-electron chi connectivity index (χ2n) is 3.74. The summed E-state index contributed by atoms with van der Waals surface area (Å²) >= 11 is 0. The van der Waals surface area contributed by atoms with Crippen molar-refractivity contribution in [3.8, 4) is 0 Å². The number of ketones is 1. The molecule has 0 fully saturated rings. The van der Waals surface area contributed by atoms with E-state index in [1.807, 2.05) is 24.3 Å². The molecule has 82 valence electrons. The Balaban J connectivity index is 2.56. The number of hydrogen-bond acceptors (Lipinski definition) is 2. The molecule has 2 nitrogen and oxygen atoms in total. The average molecular weight is 205 g/mol. The Labute approximate surface area is 91.7 Å². The van der Waals surface area contributed by atoms with Gasteiger partial charge in [0.2, 0.25) is 0 Å². The van der Waals surface area contributed by atoms with Crippen molar-refractivity contribution in [3.63, 3.8) is 0 Å². The molecule has 1 rings (SSSR count). The van der Waals surface area contributed by atoms with Crippen LogP contribution in [0.15, 0.2) is 24.3 Å². The quantitative estimate of drug-likeness (QED) is 0.569. The van der Waals surface area contributed by atoms with Gasteiger partial charge in [0.15, 0.2) is 5.78 Å². The largest absolute Gasteiger partial charge is 0.384 e. The van der Waals surface area contributed by atoms with Crippen LogP contribution in [0.4, 0.5) is 5.69 Å². The fraction of sp³-hybridized carbons (Fsp3) is 0.462. The van der Waals surface area contributed by atoms with Gasteiger partial charge in [0, 0.05) is 17.8 Å². The van der Waals surface area contributed by atoms with Crippen LogP contribution in [0.3, 0.4) is 0 Å². The standard InChI is InChI=1S/C13H19NO/c1-3-4-7-10-14-13-9-6-5-8-12(13)11(2)15/h5-6,8-9,14H,3-4,7,10H2,1-2H3. The van der Waals surface area contributed by atoms with E-state index in [4.69, 9.17) is 0 Å². The monoisotopic (exact) mass is 205 g/mol. The summed E-state index contributed by atoms with van der Waals surface area (Å²) in [5, 5.41) is 3.31. The van der Waals surface area contributed by atoms with E-state index in [1.54, 1.807) is 6.92 Å². The summed E-state index contributed by atoms with van der Waals surface area (Å²) in [6, 6.07) is 7.68. The predicted molar refractivity (Wildman–Crippen MR) is 64.5 cm³/mol. The van der Waals surface area contributed by atoms with E-state index in [-0.39, 0.29) is 5.78 Å². The summed E-state index contributed by atoms with van der Waals surface area (Å²) in [5.74, 6) is 0.119. The molecule has 0 unspecified atom stereocenters. The van der Waals surface area contributed by atoms with Crippen LogP contribution < -0.4 is 5.32 Å². The number of benzene rings is 1. The molecule has 0 aliphatic heterocycles. The lowest BCUT2D eigenvalue weighted by Crippen LogP contribution is -2.06. The van der Waals surface area contributed by atoms with Crippen molar-refractivity contribution in [2.24, 2.45) is 0 Å². The minimum Gasteiger partial charge on any atom is -0.384 e. The van der Waals surface area contributed by atoms with Crippen LogP contribution >= 0.6 is 0 Å². The van der Waals surface area contributed by atoms with Gasteiger partial charge in [-0.1, -0.05) is 31.9 Å². The highest BCUT2D eigenvalue weighted by molar-refractivity contribution is 5.99. The molecule has 0 heterocycles. The molecule has 15 heavy (non-hydrogen) atoms. The molecule has 1 aromatic carbocycles. The van der Waals surface area contributed by atoms with Gasteiger partial charge in [0.1, 0.15) is 0 Å². The molecule has 0 spiro atoms. The first-order valence-electron chi connectivity index (χ1n) is 5.59. The number of Topliss-reactive ketones (excluding diaryl/α,β-unsaturated/α-hetero) is 1. The molecule has 1 N–H and O–H groups in total. The van der Waals surface area contributed by atoms with Crippen LogP contribution in [0.25, 0.3) is 0 Å². The Morgan fingerprint density at radius 1 is 1.27 bits per heavy atom. The third-order valence-electron chi connectivity index (χ3n) is 2.40. The molecule has 0 aromatic heterocycles. The normalized spacial score (nSPS) is 10.0. The minimum atomic E-state index is 0.119. The second-order valence-corrected chi connectivity index (χ2v) is 3.74. The Morgan fingerprint density at radius 3 is 2.67 bits per heavy atom. The first-order chi connectivity index (χ1) is 7.25. The van der Waals surface area contributed by atoms with E-state index in [2.05, 4.69) is 12.2 Å².